The fourth-order valence-corrected chi connectivity index (χ4v) is 3.94. The van der Waals surface area contributed by atoms with Crippen LogP contribution in [0.1, 0.15) is 29.2 Å². The first kappa shape index (κ1) is 21.5. The van der Waals surface area contributed by atoms with Gasteiger partial charge in [-0.3, -0.25) is 24.1 Å². The van der Waals surface area contributed by atoms with Crippen LogP contribution in [-0.4, -0.2) is 28.5 Å². The first-order valence-corrected chi connectivity index (χ1v) is 9.15. The van der Waals surface area contributed by atoms with Gasteiger partial charge in [0.1, 0.15) is 0 Å². The summed E-state index contributed by atoms with van der Waals surface area (Å²) in [4.78, 5) is 53.0. The molecule has 2 aliphatic heterocycles. The number of imide groups is 2. The zero-order valence-electron chi connectivity index (χ0n) is 16.5. The molecule has 0 aliphatic carbocycles. The van der Waals surface area contributed by atoms with Crippen molar-refractivity contribution in [2.45, 2.75) is 33.7 Å². The standard InChI is InChI=1S/C22H19N2O4.Y/c1-4-16-11-17(14(3)10-13(16)2)24-20(27)22(21(24)28)18(25)23(19(22)26)12-15-8-6-5-7-9-15;/h5-8,10-11H,4,12H2,1-3H3;/q-1;. The Balaban J connectivity index is 0.00000240. The molecule has 29 heavy (non-hydrogen) atoms. The van der Waals surface area contributed by atoms with Crippen LogP contribution in [-0.2, 0) is 64.9 Å². The van der Waals surface area contributed by atoms with Gasteiger partial charge in [-0.2, -0.15) is 30.3 Å². The number of carbonyl (C=O) groups excluding carboxylic acids is 4. The fraction of sp³-hybridized carbons (Fsp3) is 0.273. The number of amides is 4. The molecule has 0 atom stereocenters. The van der Waals surface area contributed by atoms with E-state index in [1.807, 2.05) is 19.9 Å². The topological polar surface area (TPSA) is 74.8 Å². The molecule has 0 aromatic heterocycles. The van der Waals surface area contributed by atoms with Gasteiger partial charge in [0.25, 0.3) is 29.0 Å². The van der Waals surface area contributed by atoms with Crippen LogP contribution in [0.5, 0.6) is 0 Å². The molecular formula is C22H19N2O4Y-. The number of likely N-dealkylation sites (tertiary alicyclic amines) is 1. The Hall–Kier alpha value is -2.18. The van der Waals surface area contributed by atoms with E-state index in [0.29, 0.717) is 11.3 Å². The van der Waals surface area contributed by atoms with Crippen LogP contribution in [0.15, 0.2) is 36.4 Å². The van der Waals surface area contributed by atoms with E-state index in [4.69, 9.17) is 0 Å². The average molecular weight is 464 g/mol. The molecule has 7 heteroatoms. The third kappa shape index (κ3) is 2.84. The Kier molecular flexibility index (Phi) is 5.63. The molecule has 1 spiro atoms. The number of nitrogens with zero attached hydrogens (tertiary/aromatic N) is 2. The number of hydrogen-bond acceptors (Lipinski definition) is 4. The second-order valence-corrected chi connectivity index (χ2v) is 7.20. The van der Waals surface area contributed by atoms with E-state index in [1.54, 1.807) is 37.3 Å². The van der Waals surface area contributed by atoms with Crippen molar-refractivity contribution >= 4 is 29.3 Å². The molecule has 2 aromatic carbocycles. The summed E-state index contributed by atoms with van der Waals surface area (Å²) in [6, 6.07) is 13.6. The molecule has 145 valence electrons. The monoisotopic (exact) mass is 464 g/mol. The van der Waals surface area contributed by atoms with Crippen LogP contribution in [0.2, 0.25) is 0 Å². The van der Waals surface area contributed by atoms with Crippen molar-refractivity contribution < 1.29 is 51.9 Å². The quantitative estimate of drug-likeness (QED) is 0.395. The van der Waals surface area contributed by atoms with Gasteiger partial charge in [-0.1, -0.05) is 13.0 Å². The van der Waals surface area contributed by atoms with E-state index in [0.717, 1.165) is 32.9 Å². The molecule has 1 radical (unpaired) electrons. The maximum atomic E-state index is 12.9. The molecule has 2 saturated heterocycles. The van der Waals surface area contributed by atoms with Gasteiger partial charge in [-0.15, -0.1) is 5.56 Å². The van der Waals surface area contributed by atoms with Crippen LogP contribution >= 0.6 is 0 Å². The van der Waals surface area contributed by atoms with E-state index in [1.165, 1.54) is 0 Å². The first-order valence-electron chi connectivity index (χ1n) is 9.15. The van der Waals surface area contributed by atoms with E-state index in [9.17, 15) is 19.2 Å². The molecule has 4 rings (SSSR count). The molecule has 6 nitrogen and oxygen atoms in total. The molecule has 2 aliphatic rings. The van der Waals surface area contributed by atoms with Crippen LogP contribution in [0.25, 0.3) is 0 Å². The van der Waals surface area contributed by atoms with Crippen molar-refractivity contribution in [1.29, 1.82) is 0 Å². The average Bonchev–Trinajstić information content (AvgIpc) is 2.69. The first-order chi connectivity index (χ1) is 13.3. The number of anilines is 1. The van der Waals surface area contributed by atoms with Crippen LogP contribution in [0.3, 0.4) is 0 Å². The minimum Gasteiger partial charge on any atom is -0.276 e. The summed E-state index contributed by atoms with van der Waals surface area (Å²) in [6.07, 6.45) is 0.750. The van der Waals surface area contributed by atoms with Crippen molar-refractivity contribution in [2.75, 3.05) is 4.90 Å². The Bertz CT molecular complexity index is 1010. The summed E-state index contributed by atoms with van der Waals surface area (Å²) >= 11 is 0. The van der Waals surface area contributed by atoms with Gasteiger partial charge in [-0.25, -0.2) is 4.90 Å². The predicted octanol–water partition coefficient (Wildman–Crippen LogP) is 2.09. The summed E-state index contributed by atoms with van der Waals surface area (Å²) in [7, 11) is 0. The van der Waals surface area contributed by atoms with Gasteiger partial charge in [0.2, 0.25) is 0 Å². The number of hydrogen-bond donors (Lipinski definition) is 0. The largest absolute Gasteiger partial charge is 0.285 e. The summed E-state index contributed by atoms with van der Waals surface area (Å²) in [5.41, 5.74) is 1.73. The van der Waals surface area contributed by atoms with E-state index >= 15 is 0 Å². The Labute approximate surface area is 194 Å². The molecule has 4 amide bonds. The number of β-lactam (4-membered cyclic amide) rings is 4. The maximum absolute atomic E-state index is 12.9. The zero-order valence-corrected chi connectivity index (χ0v) is 19.3. The van der Waals surface area contributed by atoms with E-state index in [-0.39, 0.29) is 39.3 Å². The van der Waals surface area contributed by atoms with Crippen molar-refractivity contribution in [3.05, 3.63) is 64.7 Å². The van der Waals surface area contributed by atoms with E-state index in [2.05, 4.69) is 6.07 Å². The number of rotatable bonds is 4. The van der Waals surface area contributed by atoms with Gasteiger partial charge in [0, 0.05) is 39.3 Å². The van der Waals surface area contributed by atoms with Gasteiger partial charge in [0.05, 0.1) is 5.69 Å². The number of carbonyl (C=O) groups is 4. The Morgan fingerprint density at radius 3 is 2.14 bits per heavy atom. The third-order valence-corrected chi connectivity index (χ3v) is 5.56. The summed E-state index contributed by atoms with van der Waals surface area (Å²) in [6.45, 7) is 5.76. The third-order valence-electron chi connectivity index (χ3n) is 5.56. The van der Waals surface area contributed by atoms with Crippen molar-refractivity contribution in [1.82, 2.24) is 4.90 Å². The minimum atomic E-state index is -2.18. The SMILES string of the molecule is CCc1cc(N2C(=O)C3(C(=O)N(Cc4[c-]cccc4)C3=O)C2=O)c(C)cc1C.[Y]. The Morgan fingerprint density at radius 1 is 0.931 bits per heavy atom. The molecule has 0 saturated carbocycles. The van der Waals surface area contributed by atoms with Crippen molar-refractivity contribution in [2.24, 2.45) is 5.41 Å². The smallest absolute Gasteiger partial charge is 0.276 e. The van der Waals surface area contributed by atoms with E-state index < -0.39 is 29.0 Å². The van der Waals surface area contributed by atoms with Crippen LogP contribution in [0.4, 0.5) is 5.69 Å². The van der Waals surface area contributed by atoms with Gasteiger partial charge in [-0.05, 0) is 43.0 Å². The second-order valence-electron chi connectivity index (χ2n) is 7.20. The van der Waals surface area contributed by atoms with Gasteiger partial charge in [0.15, 0.2) is 0 Å². The number of benzene rings is 2. The van der Waals surface area contributed by atoms with Crippen LogP contribution in [0, 0.1) is 25.3 Å². The number of aryl methyl sites for hydroxylation is 3. The summed E-state index contributed by atoms with van der Waals surface area (Å²) in [5.74, 6) is -3.01. The molecule has 0 unspecified atom stereocenters. The second kappa shape index (κ2) is 7.58. The molecule has 2 fully saturated rings. The minimum absolute atomic E-state index is 0. The van der Waals surface area contributed by atoms with Crippen molar-refractivity contribution in [3.8, 4) is 0 Å². The maximum Gasteiger partial charge on any atom is 0.285 e. The molecule has 0 bridgehead atoms. The predicted molar refractivity (Wildman–Crippen MR) is 101 cm³/mol. The normalized spacial score (nSPS) is 17.2. The van der Waals surface area contributed by atoms with Gasteiger partial charge < -0.3 is 0 Å². The zero-order chi connectivity index (χ0) is 20.2. The Morgan fingerprint density at radius 2 is 1.59 bits per heavy atom. The molecular weight excluding hydrogens is 445 g/mol. The molecule has 2 aromatic rings. The molecule has 2 heterocycles. The van der Waals surface area contributed by atoms with Gasteiger partial charge >= 0.3 is 0 Å². The summed E-state index contributed by atoms with van der Waals surface area (Å²) in [5, 5.41) is 0. The van der Waals surface area contributed by atoms with Crippen LogP contribution < -0.4 is 4.90 Å². The fourth-order valence-electron chi connectivity index (χ4n) is 3.94. The van der Waals surface area contributed by atoms with Crippen molar-refractivity contribution in [3.63, 3.8) is 0 Å². The molecule has 0 N–H and O–H groups in total. The summed E-state index contributed by atoms with van der Waals surface area (Å²) < 4.78 is 0.